The van der Waals surface area contributed by atoms with Gasteiger partial charge in [0.2, 0.25) is 0 Å². The van der Waals surface area contributed by atoms with Gasteiger partial charge in [-0.15, -0.1) is 0 Å². The largest absolute Gasteiger partial charge is 0.410 e. The van der Waals surface area contributed by atoms with E-state index in [1.54, 1.807) is 30.1 Å². The highest BCUT2D eigenvalue weighted by atomic mass is 35.5. The normalized spacial score (nSPS) is 22.0. The van der Waals surface area contributed by atoms with Crippen LogP contribution in [-0.4, -0.2) is 39.9 Å². The first kappa shape index (κ1) is 22.3. The van der Waals surface area contributed by atoms with Crippen molar-refractivity contribution >= 4 is 34.9 Å². The van der Waals surface area contributed by atoms with E-state index in [-0.39, 0.29) is 34.9 Å². The highest BCUT2D eigenvalue weighted by Gasteiger charge is 2.47. The number of hydrogen-bond acceptors (Lipinski definition) is 3. The first-order valence-corrected chi connectivity index (χ1v) is 11.1. The lowest BCUT2D eigenvalue weighted by molar-refractivity contribution is -0.173. The summed E-state index contributed by atoms with van der Waals surface area (Å²) in [6.45, 7) is 0. The number of benzene rings is 1. The van der Waals surface area contributed by atoms with Crippen LogP contribution in [0.2, 0.25) is 10.0 Å². The number of alkyl halides is 3. The Kier molecular flexibility index (Phi) is 6.14. The summed E-state index contributed by atoms with van der Waals surface area (Å²) < 4.78 is 42.5. The molecule has 10 heteroatoms. The molecule has 1 amide bonds. The van der Waals surface area contributed by atoms with E-state index in [1.165, 1.54) is 6.07 Å². The molecule has 2 heterocycles. The van der Waals surface area contributed by atoms with Crippen molar-refractivity contribution in [1.29, 1.82) is 0 Å². The fourth-order valence-corrected chi connectivity index (χ4v) is 4.75. The molecule has 31 heavy (non-hydrogen) atoms. The molecule has 1 fully saturated rings. The van der Waals surface area contributed by atoms with Gasteiger partial charge in [-0.05, 0) is 30.5 Å². The van der Waals surface area contributed by atoms with Gasteiger partial charge in [0.1, 0.15) is 5.82 Å². The maximum atomic E-state index is 13.9. The van der Waals surface area contributed by atoms with Gasteiger partial charge in [0.25, 0.3) is 5.91 Å². The number of anilines is 1. The summed E-state index contributed by atoms with van der Waals surface area (Å²) in [6.07, 6.45) is 0.243. The third-order valence-electron chi connectivity index (χ3n) is 6.20. The third-order valence-corrected chi connectivity index (χ3v) is 6.94. The molecule has 0 unspecified atom stereocenters. The lowest BCUT2D eigenvalue weighted by atomic mass is 9.94. The molecule has 2 atom stereocenters. The van der Waals surface area contributed by atoms with Gasteiger partial charge < -0.3 is 10.2 Å². The van der Waals surface area contributed by atoms with Crippen molar-refractivity contribution in [1.82, 2.24) is 14.7 Å². The maximum absolute atomic E-state index is 13.9. The minimum atomic E-state index is -4.52. The van der Waals surface area contributed by atoms with E-state index in [0.29, 0.717) is 10.6 Å². The van der Waals surface area contributed by atoms with Crippen molar-refractivity contribution in [2.45, 2.75) is 62.8 Å². The molecular formula is C21H23Cl2F3N4O. The van der Waals surface area contributed by atoms with Gasteiger partial charge in [-0.25, -0.2) is 4.68 Å². The molecule has 2 aliphatic rings. The summed E-state index contributed by atoms with van der Waals surface area (Å²) in [5.74, 6) is -0.201. The summed E-state index contributed by atoms with van der Waals surface area (Å²) in [5, 5.41) is 7.76. The predicted octanol–water partition coefficient (Wildman–Crippen LogP) is 6.25. The van der Waals surface area contributed by atoms with Crippen LogP contribution in [0.5, 0.6) is 0 Å². The number of carbonyl (C=O) groups excluding carboxylic acids is 1. The molecule has 1 aromatic carbocycles. The second kappa shape index (κ2) is 8.54. The average molecular weight is 475 g/mol. The Hall–Kier alpha value is -1.93. The Bertz CT molecular complexity index is 972. The Morgan fingerprint density at radius 1 is 1.16 bits per heavy atom. The molecule has 0 bridgehead atoms. The molecule has 1 aliphatic carbocycles. The summed E-state index contributed by atoms with van der Waals surface area (Å²) in [4.78, 5) is 14.6. The quantitative estimate of drug-likeness (QED) is 0.571. The molecule has 2 aromatic rings. The predicted molar refractivity (Wildman–Crippen MR) is 114 cm³/mol. The zero-order valence-electron chi connectivity index (χ0n) is 16.9. The van der Waals surface area contributed by atoms with Gasteiger partial charge in [-0.2, -0.15) is 18.3 Å². The van der Waals surface area contributed by atoms with E-state index in [2.05, 4.69) is 10.4 Å². The second-order valence-electron chi connectivity index (χ2n) is 8.23. The molecule has 0 radical (unpaired) electrons. The van der Waals surface area contributed by atoms with Crippen molar-refractivity contribution in [3.8, 4) is 0 Å². The van der Waals surface area contributed by atoms with Crippen molar-refractivity contribution in [2.24, 2.45) is 0 Å². The first-order valence-electron chi connectivity index (χ1n) is 10.3. The molecule has 1 aliphatic heterocycles. The number of amides is 1. The van der Waals surface area contributed by atoms with E-state index >= 15 is 0 Å². The topological polar surface area (TPSA) is 50.2 Å². The van der Waals surface area contributed by atoms with Crippen LogP contribution in [0.4, 0.5) is 19.0 Å². The number of nitrogens with one attached hydrogen (secondary N) is 1. The van der Waals surface area contributed by atoms with Crippen molar-refractivity contribution in [3.63, 3.8) is 0 Å². The number of carbonyl (C=O) groups is 1. The zero-order chi connectivity index (χ0) is 22.3. The van der Waals surface area contributed by atoms with Gasteiger partial charge in [-0.1, -0.05) is 48.5 Å². The van der Waals surface area contributed by atoms with Crippen LogP contribution in [0.1, 0.15) is 66.7 Å². The van der Waals surface area contributed by atoms with Gasteiger partial charge in [0, 0.05) is 25.6 Å². The van der Waals surface area contributed by atoms with E-state index in [1.807, 2.05) is 0 Å². The fraction of sp³-hybridized carbons (Fsp3) is 0.524. The summed E-state index contributed by atoms with van der Waals surface area (Å²) in [7, 11) is 1.70. The standard InChI is InChI=1S/C21H23Cl2F3N4O/c1-29(13-5-3-2-4-6-13)20(31)17-11-19-27-16(12-7-8-14(22)15(23)9-12)10-18(21(24,25)26)30(19)28-17/h7-9,11,13,16,18,27H,2-6,10H2,1H3/t16-,18+/m0/s1. The van der Waals surface area contributed by atoms with Gasteiger partial charge in [-0.3, -0.25) is 4.79 Å². The molecule has 168 valence electrons. The maximum Gasteiger partial charge on any atom is 0.410 e. The van der Waals surface area contributed by atoms with E-state index in [0.717, 1.165) is 36.8 Å². The lowest BCUT2D eigenvalue weighted by Crippen LogP contribution is -2.38. The van der Waals surface area contributed by atoms with Crippen molar-refractivity contribution in [2.75, 3.05) is 12.4 Å². The van der Waals surface area contributed by atoms with Crippen LogP contribution in [-0.2, 0) is 0 Å². The minimum absolute atomic E-state index is 0.0135. The van der Waals surface area contributed by atoms with Crippen LogP contribution >= 0.6 is 23.2 Å². The van der Waals surface area contributed by atoms with Crippen LogP contribution in [0, 0.1) is 0 Å². The first-order chi connectivity index (χ1) is 14.6. The fourth-order valence-electron chi connectivity index (χ4n) is 4.44. The van der Waals surface area contributed by atoms with E-state index < -0.39 is 18.3 Å². The Morgan fingerprint density at radius 2 is 1.87 bits per heavy atom. The molecule has 0 saturated heterocycles. The molecule has 1 saturated carbocycles. The molecule has 1 N–H and O–H groups in total. The third kappa shape index (κ3) is 4.51. The molecule has 4 rings (SSSR count). The van der Waals surface area contributed by atoms with Gasteiger partial charge >= 0.3 is 6.18 Å². The molecule has 5 nitrogen and oxygen atoms in total. The van der Waals surface area contributed by atoms with E-state index in [4.69, 9.17) is 23.2 Å². The minimum Gasteiger partial charge on any atom is -0.363 e. The second-order valence-corrected chi connectivity index (χ2v) is 9.05. The zero-order valence-corrected chi connectivity index (χ0v) is 18.4. The van der Waals surface area contributed by atoms with Crippen LogP contribution in [0.3, 0.4) is 0 Å². The highest BCUT2D eigenvalue weighted by Crippen LogP contribution is 2.44. The van der Waals surface area contributed by atoms with Gasteiger partial charge in [0.15, 0.2) is 11.7 Å². The highest BCUT2D eigenvalue weighted by molar-refractivity contribution is 6.42. The number of halogens is 5. The van der Waals surface area contributed by atoms with Crippen LogP contribution in [0.15, 0.2) is 24.3 Å². The summed E-state index contributed by atoms with van der Waals surface area (Å²) >= 11 is 12.0. The number of nitrogens with zero attached hydrogens (tertiary/aromatic N) is 3. The molecular weight excluding hydrogens is 452 g/mol. The summed E-state index contributed by atoms with van der Waals surface area (Å²) in [5.41, 5.74) is 0.600. The number of aromatic nitrogens is 2. The van der Waals surface area contributed by atoms with Crippen molar-refractivity contribution < 1.29 is 18.0 Å². The summed E-state index contributed by atoms with van der Waals surface area (Å²) in [6, 6.07) is 3.76. The number of hydrogen-bond donors (Lipinski definition) is 1. The monoisotopic (exact) mass is 474 g/mol. The number of fused-ring (bicyclic) bond motifs is 1. The molecule has 0 spiro atoms. The Balaban J connectivity index is 1.64. The lowest BCUT2D eigenvalue weighted by Gasteiger charge is -2.33. The van der Waals surface area contributed by atoms with Gasteiger partial charge in [0.05, 0.1) is 16.1 Å². The van der Waals surface area contributed by atoms with E-state index in [9.17, 15) is 18.0 Å². The Labute approximate surface area is 188 Å². The van der Waals surface area contributed by atoms with Crippen LogP contribution in [0.25, 0.3) is 0 Å². The van der Waals surface area contributed by atoms with Crippen LogP contribution < -0.4 is 5.32 Å². The smallest absolute Gasteiger partial charge is 0.363 e. The molecule has 1 aromatic heterocycles. The number of rotatable bonds is 3. The SMILES string of the molecule is CN(C(=O)c1cc2n(n1)[C@@H](C(F)(F)F)C[C@@H](c1ccc(Cl)c(Cl)c1)N2)C1CCCCC1. The average Bonchev–Trinajstić information content (AvgIpc) is 3.18. The van der Waals surface area contributed by atoms with Crippen molar-refractivity contribution in [3.05, 3.63) is 45.6 Å². The Morgan fingerprint density at radius 3 is 2.52 bits per heavy atom.